The highest BCUT2D eigenvalue weighted by molar-refractivity contribution is 6.33. The number of rotatable bonds is 2. The number of amidine groups is 1. The zero-order valence-corrected chi connectivity index (χ0v) is 7.46. The minimum absolute atomic E-state index is 0.0448. The zero-order chi connectivity index (χ0) is 10.2. The van der Waals surface area contributed by atoms with Crippen LogP contribution in [0.25, 0.3) is 0 Å². The number of carboxylic acids is 1. The second-order valence-corrected chi connectivity index (χ2v) is 2.71. The molecule has 0 saturated heterocycles. The van der Waals surface area contributed by atoms with Gasteiger partial charge in [-0.2, -0.15) is 5.10 Å². The quantitative estimate of drug-likeness (QED) is 0.466. The zero-order valence-electron chi connectivity index (χ0n) is 6.71. The van der Waals surface area contributed by atoms with E-state index >= 15 is 0 Å². The Balaban J connectivity index is 3.44. The van der Waals surface area contributed by atoms with Crippen LogP contribution in [-0.4, -0.2) is 26.7 Å². The fourth-order valence-electron chi connectivity index (χ4n) is 0.892. The van der Waals surface area contributed by atoms with Crippen molar-refractivity contribution in [3.05, 3.63) is 16.4 Å². The number of hydrogen-bond acceptors (Lipinski definition) is 3. The lowest BCUT2D eigenvalue weighted by molar-refractivity contribution is 0.0689. The predicted molar refractivity (Wildman–Crippen MR) is 46.2 cm³/mol. The Morgan fingerprint density at radius 2 is 2.31 bits per heavy atom. The maximum atomic E-state index is 10.6. The van der Waals surface area contributed by atoms with E-state index in [0.29, 0.717) is 0 Å². The summed E-state index contributed by atoms with van der Waals surface area (Å²) in [7, 11) is 1.47. The minimum atomic E-state index is -1.26. The summed E-state index contributed by atoms with van der Waals surface area (Å²) in [5.41, 5.74) is 4.80. The van der Waals surface area contributed by atoms with Gasteiger partial charge < -0.3 is 10.8 Å². The van der Waals surface area contributed by atoms with Gasteiger partial charge in [-0.1, -0.05) is 11.6 Å². The number of carbonyl (C=O) groups is 1. The van der Waals surface area contributed by atoms with E-state index in [-0.39, 0.29) is 16.4 Å². The molecule has 1 aromatic heterocycles. The molecule has 0 unspecified atom stereocenters. The molecular weight excluding hydrogens is 196 g/mol. The van der Waals surface area contributed by atoms with Crippen molar-refractivity contribution in [3.8, 4) is 0 Å². The molecule has 0 spiro atoms. The molecule has 0 bridgehead atoms. The van der Waals surface area contributed by atoms with Crippen molar-refractivity contribution < 1.29 is 9.90 Å². The molecular formula is C6H7ClN4O2. The molecule has 0 aliphatic heterocycles. The SMILES string of the molecule is Cn1nc(C(=O)O)c(C(=N)N)c1Cl. The van der Waals surface area contributed by atoms with Gasteiger partial charge in [-0.25, -0.2) is 4.79 Å². The summed E-state index contributed by atoms with van der Waals surface area (Å²) in [4.78, 5) is 10.6. The number of halogens is 1. The number of nitrogens with zero attached hydrogens (tertiary/aromatic N) is 2. The first-order valence-electron chi connectivity index (χ1n) is 3.25. The molecule has 6 nitrogen and oxygen atoms in total. The largest absolute Gasteiger partial charge is 0.476 e. The molecule has 0 amide bonds. The molecule has 7 heteroatoms. The summed E-state index contributed by atoms with van der Waals surface area (Å²) in [6.45, 7) is 0. The smallest absolute Gasteiger partial charge is 0.357 e. The Kier molecular flexibility index (Phi) is 2.24. The van der Waals surface area contributed by atoms with Gasteiger partial charge in [0, 0.05) is 7.05 Å². The number of aromatic carboxylic acids is 1. The average Bonchev–Trinajstić information content (AvgIpc) is 2.28. The van der Waals surface area contributed by atoms with Crippen LogP contribution in [0.2, 0.25) is 5.15 Å². The van der Waals surface area contributed by atoms with Gasteiger partial charge in [-0.3, -0.25) is 10.1 Å². The van der Waals surface area contributed by atoms with Crippen molar-refractivity contribution in [2.24, 2.45) is 12.8 Å². The maximum absolute atomic E-state index is 10.6. The lowest BCUT2D eigenvalue weighted by Gasteiger charge is -1.95. The Hall–Kier alpha value is -1.56. The van der Waals surface area contributed by atoms with Crippen LogP contribution in [-0.2, 0) is 7.05 Å². The average molecular weight is 203 g/mol. The summed E-state index contributed by atoms with van der Waals surface area (Å²) < 4.78 is 1.15. The third-order valence-electron chi connectivity index (χ3n) is 1.45. The molecule has 0 aromatic carbocycles. The van der Waals surface area contributed by atoms with Gasteiger partial charge in [-0.15, -0.1) is 0 Å². The van der Waals surface area contributed by atoms with Gasteiger partial charge in [0.1, 0.15) is 11.0 Å². The van der Waals surface area contributed by atoms with Crippen molar-refractivity contribution >= 4 is 23.4 Å². The molecule has 1 aromatic rings. The number of nitrogens with one attached hydrogen (secondary N) is 1. The first-order valence-corrected chi connectivity index (χ1v) is 3.63. The van der Waals surface area contributed by atoms with Crippen molar-refractivity contribution in [2.75, 3.05) is 0 Å². The highest BCUT2D eigenvalue weighted by Crippen LogP contribution is 2.18. The molecule has 0 fully saturated rings. The molecule has 70 valence electrons. The highest BCUT2D eigenvalue weighted by atomic mass is 35.5. The predicted octanol–water partition coefficient (Wildman–Crippen LogP) is 0.0558. The van der Waals surface area contributed by atoms with Gasteiger partial charge >= 0.3 is 5.97 Å². The van der Waals surface area contributed by atoms with Crippen LogP contribution in [0, 0.1) is 5.41 Å². The molecule has 0 radical (unpaired) electrons. The van der Waals surface area contributed by atoms with Crippen molar-refractivity contribution in [2.45, 2.75) is 0 Å². The third kappa shape index (κ3) is 1.48. The number of hydrogen-bond donors (Lipinski definition) is 3. The van der Waals surface area contributed by atoms with Crippen LogP contribution in [0.3, 0.4) is 0 Å². The normalized spacial score (nSPS) is 10.0. The van der Waals surface area contributed by atoms with Crippen molar-refractivity contribution in [1.29, 1.82) is 5.41 Å². The van der Waals surface area contributed by atoms with Crippen molar-refractivity contribution in [1.82, 2.24) is 9.78 Å². The highest BCUT2D eigenvalue weighted by Gasteiger charge is 2.21. The maximum Gasteiger partial charge on any atom is 0.357 e. The lowest BCUT2D eigenvalue weighted by Crippen LogP contribution is -2.15. The summed E-state index contributed by atoms with van der Waals surface area (Å²) >= 11 is 5.67. The monoisotopic (exact) mass is 202 g/mol. The Labute approximate surface area is 78.4 Å². The number of aromatic nitrogens is 2. The van der Waals surface area contributed by atoms with Crippen molar-refractivity contribution in [3.63, 3.8) is 0 Å². The van der Waals surface area contributed by atoms with Crippen LogP contribution >= 0.6 is 11.6 Å². The van der Waals surface area contributed by atoms with Gasteiger partial charge in [-0.05, 0) is 0 Å². The van der Waals surface area contributed by atoms with Gasteiger partial charge in [0.25, 0.3) is 0 Å². The molecule has 0 atom stereocenters. The molecule has 1 heterocycles. The summed E-state index contributed by atoms with van der Waals surface area (Å²) in [6, 6.07) is 0. The second kappa shape index (κ2) is 3.06. The van der Waals surface area contributed by atoms with E-state index in [4.69, 9.17) is 27.9 Å². The lowest BCUT2D eigenvalue weighted by atomic mass is 10.2. The molecule has 4 N–H and O–H groups in total. The third-order valence-corrected chi connectivity index (χ3v) is 1.88. The van der Waals surface area contributed by atoms with E-state index in [2.05, 4.69) is 5.10 Å². The second-order valence-electron chi connectivity index (χ2n) is 2.36. The van der Waals surface area contributed by atoms with Crippen LogP contribution in [0.4, 0.5) is 0 Å². The molecule has 0 aliphatic carbocycles. The Morgan fingerprint density at radius 1 is 1.77 bits per heavy atom. The van der Waals surface area contributed by atoms with E-state index in [0.717, 1.165) is 4.68 Å². The summed E-state index contributed by atoms with van der Waals surface area (Å²) in [5.74, 6) is -1.66. The fraction of sp³-hybridized carbons (Fsp3) is 0.167. The first-order chi connectivity index (χ1) is 5.95. The fourth-order valence-corrected chi connectivity index (χ4v) is 1.12. The van der Waals surface area contributed by atoms with E-state index in [1.165, 1.54) is 7.05 Å². The number of carboxylic acid groups (broad SMARTS) is 1. The number of nitrogens with two attached hydrogens (primary N) is 1. The van der Waals surface area contributed by atoms with Gasteiger partial charge in [0.15, 0.2) is 5.69 Å². The first kappa shape index (κ1) is 9.53. The number of aryl methyl sites for hydroxylation is 1. The van der Waals surface area contributed by atoms with E-state index in [1.54, 1.807) is 0 Å². The van der Waals surface area contributed by atoms with Crippen LogP contribution in [0.15, 0.2) is 0 Å². The van der Waals surface area contributed by atoms with Crippen LogP contribution < -0.4 is 5.73 Å². The van der Waals surface area contributed by atoms with E-state index < -0.39 is 11.8 Å². The summed E-state index contributed by atoms with van der Waals surface area (Å²) in [6.07, 6.45) is 0. The van der Waals surface area contributed by atoms with Crippen LogP contribution in [0.5, 0.6) is 0 Å². The van der Waals surface area contributed by atoms with Gasteiger partial charge in [0.05, 0.1) is 5.56 Å². The van der Waals surface area contributed by atoms with Crippen LogP contribution in [0.1, 0.15) is 16.1 Å². The Bertz CT molecular complexity index is 384. The standard InChI is InChI=1S/C6H7ClN4O2/c1-11-4(7)2(5(8)9)3(10-11)6(12)13/h1H3,(H3,8,9)(H,12,13). The van der Waals surface area contributed by atoms with E-state index in [1.807, 2.05) is 0 Å². The topological polar surface area (TPSA) is 105 Å². The Morgan fingerprint density at radius 3 is 2.62 bits per heavy atom. The number of nitrogen functional groups attached to an aromatic ring is 1. The minimum Gasteiger partial charge on any atom is -0.476 e. The van der Waals surface area contributed by atoms with E-state index in [9.17, 15) is 4.79 Å². The molecule has 13 heavy (non-hydrogen) atoms. The molecule has 0 saturated carbocycles. The molecule has 0 aliphatic rings. The summed E-state index contributed by atoms with van der Waals surface area (Å²) in [5, 5.41) is 19.4. The molecule has 1 rings (SSSR count). The van der Waals surface area contributed by atoms with Gasteiger partial charge in [0.2, 0.25) is 0 Å².